The van der Waals surface area contributed by atoms with Crippen LogP contribution in [0.5, 0.6) is 0 Å². The van der Waals surface area contributed by atoms with Gasteiger partial charge < -0.3 is 5.73 Å². The van der Waals surface area contributed by atoms with Gasteiger partial charge in [-0.05, 0) is 19.3 Å². The molecule has 0 atom stereocenters. The van der Waals surface area contributed by atoms with Gasteiger partial charge in [0.2, 0.25) is 0 Å². The average molecular weight is 238 g/mol. The maximum atomic E-state index is 6.54. The smallest absolute Gasteiger partial charge is 0.113 e. The topological polar surface area (TPSA) is 38.9 Å². The molecule has 1 heterocycles. The third kappa shape index (κ3) is 2.64. The summed E-state index contributed by atoms with van der Waals surface area (Å²) in [6.45, 7) is 2.20. The molecule has 3 heteroatoms. The Labute approximate surface area is 102 Å². The van der Waals surface area contributed by atoms with Crippen LogP contribution in [0, 0.1) is 0 Å². The number of nitrogens with two attached hydrogens (primary N) is 1. The summed E-state index contributed by atoms with van der Waals surface area (Å²) < 4.78 is 0. The Hall–Kier alpha value is -0.410. The van der Waals surface area contributed by atoms with E-state index >= 15 is 0 Å². The minimum absolute atomic E-state index is 0.118. The molecule has 1 aromatic heterocycles. The van der Waals surface area contributed by atoms with Crippen LogP contribution in [0.1, 0.15) is 62.6 Å². The van der Waals surface area contributed by atoms with E-state index < -0.39 is 0 Å². The van der Waals surface area contributed by atoms with Crippen molar-refractivity contribution in [2.75, 3.05) is 0 Å². The summed E-state index contributed by atoms with van der Waals surface area (Å²) >= 11 is 1.77. The number of hydrogen-bond acceptors (Lipinski definition) is 3. The van der Waals surface area contributed by atoms with Gasteiger partial charge in [-0.2, -0.15) is 0 Å². The Bertz CT molecular complexity index is 324. The first-order chi connectivity index (χ1) is 7.74. The van der Waals surface area contributed by atoms with Crippen LogP contribution >= 0.6 is 11.3 Å². The molecule has 0 radical (unpaired) electrons. The van der Waals surface area contributed by atoms with E-state index in [0.717, 1.165) is 19.3 Å². The first kappa shape index (κ1) is 12.1. The second kappa shape index (κ2) is 5.28. The van der Waals surface area contributed by atoms with Crippen LogP contribution in [0.25, 0.3) is 0 Å². The predicted octanol–water partition coefficient (Wildman–Crippen LogP) is 3.60. The van der Waals surface area contributed by atoms with Gasteiger partial charge in [-0.25, -0.2) is 4.98 Å². The summed E-state index contributed by atoms with van der Waals surface area (Å²) in [5.74, 6) is 0. The fourth-order valence-corrected chi connectivity index (χ4v) is 3.51. The molecule has 0 bridgehead atoms. The number of nitrogens with zero attached hydrogens (tertiary/aromatic N) is 1. The van der Waals surface area contributed by atoms with Crippen molar-refractivity contribution in [2.45, 2.75) is 63.8 Å². The minimum Gasteiger partial charge on any atom is -0.319 e. The largest absolute Gasteiger partial charge is 0.319 e. The molecule has 2 nitrogen and oxygen atoms in total. The molecule has 0 aliphatic heterocycles. The van der Waals surface area contributed by atoms with E-state index in [9.17, 15) is 0 Å². The van der Waals surface area contributed by atoms with Crippen molar-refractivity contribution in [2.24, 2.45) is 5.73 Å². The number of aryl methyl sites for hydroxylation is 1. The molecule has 2 rings (SSSR count). The standard InChI is InChI=1S/C13H22N2S/c1-2-7-11-10-16-12(15-11)13(14)8-5-3-4-6-9-13/h10H,2-9,14H2,1H3. The third-order valence-electron chi connectivity index (χ3n) is 3.48. The van der Waals surface area contributed by atoms with Gasteiger partial charge in [0.15, 0.2) is 0 Å². The average Bonchev–Trinajstić information content (AvgIpc) is 2.63. The van der Waals surface area contributed by atoms with Gasteiger partial charge in [0.1, 0.15) is 5.01 Å². The molecule has 1 aliphatic carbocycles. The highest BCUT2D eigenvalue weighted by Crippen LogP contribution is 2.35. The van der Waals surface area contributed by atoms with Gasteiger partial charge in [0, 0.05) is 5.38 Å². The fourth-order valence-electron chi connectivity index (χ4n) is 2.48. The van der Waals surface area contributed by atoms with E-state index in [1.54, 1.807) is 11.3 Å². The number of thiazole rings is 1. The Balaban J connectivity index is 2.13. The molecular weight excluding hydrogens is 216 g/mol. The quantitative estimate of drug-likeness (QED) is 0.817. The number of rotatable bonds is 3. The van der Waals surface area contributed by atoms with Gasteiger partial charge in [-0.3, -0.25) is 0 Å². The second-order valence-corrected chi connectivity index (χ2v) is 5.82. The normalized spacial score (nSPS) is 20.6. The molecule has 0 aromatic carbocycles. The lowest BCUT2D eigenvalue weighted by molar-refractivity contribution is 0.383. The molecule has 0 spiro atoms. The molecule has 1 aromatic rings. The van der Waals surface area contributed by atoms with Crippen LogP contribution in [0.4, 0.5) is 0 Å². The zero-order chi connectivity index (χ0) is 11.4. The highest BCUT2D eigenvalue weighted by molar-refractivity contribution is 7.09. The second-order valence-electron chi connectivity index (χ2n) is 4.96. The van der Waals surface area contributed by atoms with Crippen molar-refractivity contribution < 1.29 is 0 Å². The Morgan fingerprint density at radius 2 is 2.00 bits per heavy atom. The number of aromatic nitrogens is 1. The third-order valence-corrected chi connectivity index (χ3v) is 4.59. The zero-order valence-corrected chi connectivity index (χ0v) is 11.0. The minimum atomic E-state index is -0.118. The lowest BCUT2D eigenvalue weighted by atomic mass is 9.92. The molecular formula is C13H22N2S. The van der Waals surface area contributed by atoms with Gasteiger partial charge in [0.05, 0.1) is 11.2 Å². The molecule has 1 fully saturated rings. The van der Waals surface area contributed by atoms with Crippen LogP contribution in [-0.4, -0.2) is 4.98 Å². The van der Waals surface area contributed by atoms with Crippen molar-refractivity contribution in [3.63, 3.8) is 0 Å². The summed E-state index contributed by atoms with van der Waals surface area (Å²) in [6, 6.07) is 0. The molecule has 0 saturated heterocycles. The SMILES string of the molecule is CCCc1csc(C2(N)CCCCCC2)n1. The first-order valence-corrected chi connectivity index (χ1v) is 7.36. The van der Waals surface area contributed by atoms with Crippen LogP contribution in [0.15, 0.2) is 5.38 Å². The van der Waals surface area contributed by atoms with Gasteiger partial charge >= 0.3 is 0 Å². The Morgan fingerprint density at radius 1 is 1.31 bits per heavy atom. The lowest BCUT2D eigenvalue weighted by Gasteiger charge is -2.25. The van der Waals surface area contributed by atoms with Gasteiger partial charge in [-0.1, -0.05) is 39.0 Å². The monoisotopic (exact) mass is 238 g/mol. The van der Waals surface area contributed by atoms with E-state index in [1.807, 2.05) is 0 Å². The van der Waals surface area contributed by atoms with Crippen LogP contribution in [0.3, 0.4) is 0 Å². The molecule has 16 heavy (non-hydrogen) atoms. The van der Waals surface area contributed by atoms with Crippen molar-refractivity contribution >= 4 is 11.3 Å². The van der Waals surface area contributed by atoms with E-state index in [2.05, 4.69) is 12.3 Å². The predicted molar refractivity (Wildman–Crippen MR) is 69.7 cm³/mol. The van der Waals surface area contributed by atoms with E-state index in [-0.39, 0.29) is 5.54 Å². The van der Waals surface area contributed by atoms with E-state index in [4.69, 9.17) is 10.7 Å². The highest BCUT2D eigenvalue weighted by Gasteiger charge is 2.31. The van der Waals surface area contributed by atoms with Crippen molar-refractivity contribution in [1.82, 2.24) is 4.98 Å². The lowest BCUT2D eigenvalue weighted by Crippen LogP contribution is -2.35. The number of hydrogen-bond donors (Lipinski definition) is 1. The molecule has 1 aliphatic rings. The van der Waals surface area contributed by atoms with Crippen molar-refractivity contribution in [3.8, 4) is 0 Å². The van der Waals surface area contributed by atoms with Crippen LogP contribution in [-0.2, 0) is 12.0 Å². The summed E-state index contributed by atoms with van der Waals surface area (Å²) in [6.07, 6.45) is 9.70. The maximum Gasteiger partial charge on any atom is 0.113 e. The molecule has 1 saturated carbocycles. The fraction of sp³-hybridized carbons (Fsp3) is 0.769. The van der Waals surface area contributed by atoms with Gasteiger partial charge in [-0.15, -0.1) is 11.3 Å². The summed E-state index contributed by atoms with van der Waals surface area (Å²) in [5, 5.41) is 3.37. The van der Waals surface area contributed by atoms with E-state index in [0.29, 0.717) is 0 Å². The Morgan fingerprint density at radius 3 is 2.62 bits per heavy atom. The molecule has 2 N–H and O–H groups in total. The van der Waals surface area contributed by atoms with Crippen LogP contribution < -0.4 is 5.73 Å². The van der Waals surface area contributed by atoms with Crippen molar-refractivity contribution in [1.29, 1.82) is 0 Å². The molecule has 0 amide bonds. The highest BCUT2D eigenvalue weighted by atomic mass is 32.1. The summed E-state index contributed by atoms with van der Waals surface area (Å²) in [7, 11) is 0. The molecule has 0 unspecified atom stereocenters. The van der Waals surface area contributed by atoms with Crippen LogP contribution in [0.2, 0.25) is 0 Å². The summed E-state index contributed by atoms with van der Waals surface area (Å²) in [5.41, 5.74) is 7.65. The maximum absolute atomic E-state index is 6.54. The first-order valence-electron chi connectivity index (χ1n) is 6.48. The summed E-state index contributed by atoms with van der Waals surface area (Å²) in [4.78, 5) is 4.73. The Kier molecular flexibility index (Phi) is 3.98. The zero-order valence-electron chi connectivity index (χ0n) is 10.2. The molecule has 90 valence electrons. The van der Waals surface area contributed by atoms with Gasteiger partial charge in [0.25, 0.3) is 0 Å². The van der Waals surface area contributed by atoms with Crippen molar-refractivity contribution in [3.05, 3.63) is 16.1 Å². The van der Waals surface area contributed by atoms with E-state index in [1.165, 1.54) is 42.8 Å².